The van der Waals surface area contributed by atoms with E-state index < -0.39 is 29.6 Å². The van der Waals surface area contributed by atoms with E-state index in [4.69, 9.17) is 19.0 Å². The van der Waals surface area contributed by atoms with Crippen LogP contribution in [0.3, 0.4) is 0 Å². The Morgan fingerprint density at radius 1 is 1.11 bits per heavy atom. The third-order valence-corrected chi connectivity index (χ3v) is 4.94. The molecule has 2 aromatic carbocycles. The Hall–Kier alpha value is -4.93. The lowest BCUT2D eigenvalue weighted by Gasteiger charge is -2.26. The van der Waals surface area contributed by atoms with Crippen molar-refractivity contribution in [1.29, 1.82) is 0 Å². The minimum Gasteiger partial charge on any atom is -0.493 e. The zero-order valence-electron chi connectivity index (χ0n) is 18.1. The molecule has 0 saturated carbocycles. The van der Waals surface area contributed by atoms with Crippen molar-refractivity contribution in [2.45, 2.75) is 6.61 Å². The molecule has 0 radical (unpaired) electrons. The van der Waals surface area contributed by atoms with E-state index in [2.05, 4.69) is 0 Å². The maximum Gasteiger partial charge on any atom is 0.371 e. The summed E-state index contributed by atoms with van der Waals surface area (Å²) in [6.45, 7) is -0.0787. The van der Waals surface area contributed by atoms with Gasteiger partial charge in [-0.15, -0.1) is 0 Å². The van der Waals surface area contributed by atoms with Crippen LogP contribution in [0.15, 0.2) is 64.6 Å². The standard InChI is InChI=1S/C24H17FN2O8/c1-33-20-11-13(6-8-18(20)34-12-14-7-9-19(35-14)23(30)31)10-15-21(28)26-24(32)27(22(15)29)17-5-3-2-4-16(17)25/h2-11H,12H2,1H3,(H,30,31)(H,26,28,32). The molecule has 2 N–H and O–H groups in total. The van der Waals surface area contributed by atoms with Gasteiger partial charge >= 0.3 is 12.0 Å². The number of benzene rings is 2. The van der Waals surface area contributed by atoms with Gasteiger partial charge in [-0.25, -0.2) is 18.9 Å². The monoisotopic (exact) mass is 480 g/mol. The summed E-state index contributed by atoms with van der Waals surface area (Å²) in [5.74, 6) is -3.36. The van der Waals surface area contributed by atoms with E-state index in [0.29, 0.717) is 10.5 Å². The van der Waals surface area contributed by atoms with Crippen LogP contribution in [0, 0.1) is 5.82 Å². The Bertz CT molecular complexity index is 1380. The number of carboxylic acids is 1. The Kier molecular flexibility index (Phi) is 6.32. The number of nitrogens with one attached hydrogen (secondary N) is 1. The Balaban J connectivity index is 1.58. The Labute approximate surface area is 197 Å². The molecular formula is C24H17FN2O8. The first-order valence-corrected chi connectivity index (χ1v) is 10.1. The lowest BCUT2D eigenvalue weighted by molar-refractivity contribution is -0.122. The van der Waals surface area contributed by atoms with Gasteiger partial charge in [0.2, 0.25) is 5.76 Å². The van der Waals surface area contributed by atoms with Gasteiger partial charge in [-0.2, -0.15) is 0 Å². The molecule has 1 aromatic heterocycles. The lowest BCUT2D eigenvalue weighted by atomic mass is 10.1. The number of methoxy groups -OCH3 is 1. The van der Waals surface area contributed by atoms with Gasteiger partial charge in [-0.1, -0.05) is 18.2 Å². The number of ether oxygens (including phenoxy) is 2. The van der Waals surface area contributed by atoms with Crippen molar-refractivity contribution < 1.29 is 42.6 Å². The van der Waals surface area contributed by atoms with Crippen LogP contribution in [-0.2, 0) is 16.2 Å². The van der Waals surface area contributed by atoms with Gasteiger partial charge < -0.3 is 19.0 Å². The predicted octanol–water partition coefficient (Wildman–Crippen LogP) is 3.37. The molecule has 2 heterocycles. The minimum atomic E-state index is -1.21. The van der Waals surface area contributed by atoms with Crippen molar-refractivity contribution in [3.8, 4) is 11.5 Å². The highest BCUT2D eigenvalue weighted by atomic mass is 19.1. The largest absolute Gasteiger partial charge is 0.493 e. The zero-order chi connectivity index (χ0) is 25.1. The second kappa shape index (κ2) is 9.51. The number of hydrogen-bond donors (Lipinski definition) is 2. The number of para-hydroxylation sites is 1. The molecule has 1 fully saturated rings. The van der Waals surface area contributed by atoms with Gasteiger partial charge in [0.05, 0.1) is 12.8 Å². The molecule has 0 atom stereocenters. The molecule has 178 valence electrons. The quantitative estimate of drug-likeness (QED) is 0.388. The van der Waals surface area contributed by atoms with E-state index >= 15 is 0 Å². The van der Waals surface area contributed by atoms with Crippen molar-refractivity contribution >= 4 is 35.6 Å². The molecule has 3 aromatic rings. The van der Waals surface area contributed by atoms with Crippen LogP contribution >= 0.6 is 0 Å². The molecule has 0 aliphatic carbocycles. The van der Waals surface area contributed by atoms with E-state index in [1.165, 1.54) is 61.7 Å². The van der Waals surface area contributed by atoms with Crippen molar-refractivity contribution in [1.82, 2.24) is 5.32 Å². The number of halogens is 1. The van der Waals surface area contributed by atoms with Crippen LogP contribution in [0.1, 0.15) is 21.9 Å². The number of furan rings is 1. The minimum absolute atomic E-state index is 0.0787. The van der Waals surface area contributed by atoms with E-state index in [0.717, 1.165) is 6.07 Å². The summed E-state index contributed by atoms with van der Waals surface area (Å²) in [4.78, 5) is 49.0. The summed E-state index contributed by atoms with van der Waals surface area (Å²) in [6, 6.07) is 11.4. The second-order valence-corrected chi connectivity index (χ2v) is 7.18. The molecule has 0 unspecified atom stereocenters. The number of carboxylic acid groups (broad SMARTS) is 1. The number of anilines is 1. The lowest BCUT2D eigenvalue weighted by Crippen LogP contribution is -2.54. The molecule has 1 aliphatic rings. The van der Waals surface area contributed by atoms with Crippen LogP contribution in [-0.4, -0.2) is 36.0 Å². The number of urea groups is 1. The molecule has 10 nitrogen and oxygen atoms in total. The van der Waals surface area contributed by atoms with Gasteiger partial charge in [0.1, 0.15) is 23.8 Å². The average molecular weight is 480 g/mol. The predicted molar refractivity (Wildman–Crippen MR) is 118 cm³/mol. The van der Waals surface area contributed by atoms with Gasteiger partial charge in [-0.05, 0) is 48.0 Å². The van der Waals surface area contributed by atoms with Crippen LogP contribution in [0.2, 0.25) is 0 Å². The van der Waals surface area contributed by atoms with E-state index in [9.17, 15) is 23.6 Å². The van der Waals surface area contributed by atoms with E-state index in [-0.39, 0.29) is 40.9 Å². The maximum absolute atomic E-state index is 14.2. The van der Waals surface area contributed by atoms with Crippen LogP contribution < -0.4 is 19.7 Å². The fourth-order valence-electron chi connectivity index (χ4n) is 3.29. The summed E-state index contributed by atoms with van der Waals surface area (Å²) >= 11 is 0. The third kappa shape index (κ3) is 4.74. The summed E-state index contributed by atoms with van der Waals surface area (Å²) < 4.78 is 30.3. The van der Waals surface area contributed by atoms with Gasteiger partial charge in [0, 0.05) is 0 Å². The Morgan fingerprint density at radius 3 is 2.57 bits per heavy atom. The highest BCUT2D eigenvalue weighted by molar-refractivity contribution is 6.39. The van der Waals surface area contributed by atoms with Crippen LogP contribution in [0.4, 0.5) is 14.9 Å². The Morgan fingerprint density at radius 2 is 1.89 bits per heavy atom. The zero-order valence-corrected chi connectivity index (χ0v) is 18.1. The SMILES string of the molecule is COc1cc(C=C2C(=O)NC(=O)N(c3ccccc3F)C2=O)ccc1OCc1ccc(C(=O)O)o1. The van der Waals surface area contributed by atoms with Crippen molar-refractivity contribution in [2.75, 3.05) is 12.0 Å². The first kappa shape index (κ1) is 23.2. The van der Waals surface area contributed by atoms with Crippen molar-refractivity contribution in [3.63, 3.8) is 0 Å². The summed E-state index contributed by atoms with van der Waals surface area (Å²) in [7, 11) is 1.38. The van der Waals surface area contributed by atoms with Gasteiger partial charge in [0.15, 0.2) is 11.5 Å². The second-order valence-electron chi connectivity index (χ2n) is 7.18. The number of nitrogens with zero attached hydrogens (tertiary/aromatic N) is 1. The summed E-state index contributed by atoms with van der Waals surface area (Å²) in [6.07, 6.45) is 1.23. The van der Waals surface area contributed by atoms with Gasteiger partial charge in [0.25, 0.3) is 11.8 Å². The molecule has 4 rings (SSSR count). The number of imide groups is 2. The normalized spacial score (nSPS) is 14.7. The first-order valence-electron chi connectivity index (χ1n) is 10.1. The number of hydrogen-bond acceptors (Lipinski definition) is 7. The van der Waals surface area contributed by atoms with Gasteiger partial charge in [-0.3, -0.25) is 14.9 Å². The fraction of sp³-hybridized carbons (Fsp3) is 0.0833. The number of carbonyl (C=O) groups is 4. The first-order chi connectivity index (χ1) is 16.8. The van der Waals surface area contributed by atoms with Crippen LogP contribution in [0.25, 0.3) is 6.08 Å². The molecule has 0 bridgehead atoms. The maximum atomic E-state index is 14.2. The highest BCUT2D eigenvalue weighted by Gasteiger charge is 2.38. The topological polar surface area (TPSA) is 135 Å². The molecule has 11 heteroatoms. The molecule has 0 spiro atoms. The van der Waals surface area contributed by atoms with E-state index in [1.807, 2.05) is 5.32 Å². The molecule has 4 amide bonds. The molecule has 35 heavy (non-hydrogen) atoms. The highest BCUT2D eigenvalue weighted by Crippen LogP contribution is 2.31. The third-order valence-electron chi connectivity index (χ3n) is 4.94. The number of amides is 4. The van der Waals surface area contributed by atoms with Crippen molar-refractivity contribution in [2.24, 2.45) is 0 Å². The summed E-state index contributed by atoms with van der Waals surface area (Å²) in [5, 5.41) is 11.0. The number of rotatable bonds is 7. The number of carbonyl (C=O) groups excluding carboxylic acids is 3. The molecular weight excluding hydrogens is 463 g/mol. The number of barbiturate groups is 1. The molecule has 1 aliphatic heterocycles. The average Bonchev–Trinajstić information content (AvgIpc) is 3.31. The summed E-state index contributed by atoms with van der Waals surface area (Å²) in [5.41, 5.74) is -0.319. The number of aromatic carboxylic acids is 1. The van der Waals surface area contributed by atoms with Crippen LogP contribution in [0.5, 0.6) is 11.5 Å². The smallest absolute Gasteiger partial charge is 0.371 e. The fourth-order valence-corrected chi connectivity index (χ4v) is 3.29. The van der Waals surface area contributed by atoms with Crippen molar-refractivity contribution in [3.05, 3.63) is 83.1 Å². The molecule has 1 saturated heterocycles. The van der Waals surface area contributed by atoms with E-state index in [1.54, 1.807) is 0 Å².